The van der Waals surface area contributed by atoms with E-state index in [9.17, 15) is 9.18 Å². The van der Waals surface area contributed by atoms with Crippen LogP contribution in [0, 0.1) is 12.7 Å². The van der Waals surface area contributed by atoms with Gasteiger partial charge in [-0.05, 0) is 60.5 Å². The second-order valence-corrected chi connectivity index (χ2v) is 6.33. The van der Waals surface area contributed by atoms with Gasteiger partial charge in [0.15, 0.2) is 5.58 Å². The predicted molar refractivity (Wildman–Crippen MR) is 102 cm³/mol. The lowest BCUT2D eigenvalue weighted by atomic mass is 10.1. The number of oxazole rings is 1. The minimum Gasteiger partial charge on any atom is -0.436 e. The first kappa shape index (κ1) is 17.0. The fourth-order valence-electron chi connectivity index (χ4n) is 2.90. The maximum absolute atomic E-state index is 13.1. The zero-order valence-corrected chi connectivity index (χ0v) is 14.7. The van der Waals surface area contributed by atoms with Crippen molar-refractivity contribution in [3.63, 3.8) is 0 Å². The van der Waals surface area contributed by atoms with Crippen LogP contribution in [-0.2, 0) is 6.54 Å². The number of nitrogens with one attached hydrogen (secondary N) is 1. The second-order valence-electron chi connectivity index (χ2n) is 6.33. The van der Waals surface area contributed by atoms with E-state index in [4.69, 9.17) is 4.42 Å². The number of fused-ring (bicyclic) bond motifs is 1. The number of carbonyl (C=O) groups excluding carboxylic acids is 1. The van der Waals surface area contributed by atoms with Gasteiger partial charge in [-0.2, -0.15) is 0 Å². The standard InChI is InChI=1S/C22H17FN2O2/c1-14-4-2-3-5-18(14)21(26)24-13-15-6-11-20-19(12-15)25-22(27-20)16-7-9-17(23)10-8-16/h2-12H,13H2,1H3,(H,24,26). The van der Waals surface area contributed by atoms with Crippen LogP contribution in [0.4, 0.5) is 4.39 Å². The van der Waals surface area contributed by atoms with Gasteiger partial charge in [-0.15, -0.1) is 0 Å². The molecule has 0 bridgehead atoms. The van der Waals surface area contributed by atoms with Crippen LogP contribution in [0.25, 0.3) is 22.6 Å². The van der Waals surface area contributed by atoms with E-state index in [1.807, 2.05) is 43.3 Å². The van der Waals surface area contributed by atoms with Gasteiger partial charge in [0.05, 0.1) is 0 Å². The van der Waals surface area contributed by atoms with E-state index in [2.05, 4.69) is 10.3 Å². The Kier molecular flexibility index (Phi) is 4.42. The highest BCUT2D eigenvalue weighted by Gasteiger charge is 2.11. The van der Waals surface area contributed by atoms with E-state index in [0.717, 1.165) is 11.1 Å². The number of hydrogen-bond donors (Lipinski definition) is 1. The van der Waals surface area contributed by atoms with Crippen LogP contribution in [0.5, 0.6) is 0 Å². The molecule has 27 heavy (non-hydrogen) atoms. The number of carbonyl (C=O) groups is 1. The molecule has 1 amide bonds. The van der Waals surface area contributed by atoms with Gasteiger partial charge in [0.25, 0.3) is 5.91 Å². The van der Waals surface area contributed by atoms with E-state index in [0.29, 0.717) is 34.7 Å². The third-order valence-corrected chi connectivity index (χ3v) is 4.39. The molecule has 0 saturated heterocycles. The molecule has 0 fully saturated rings. The molecule has 0 atom stereocenters. The number of nitrogens with zero attached hydrogens (tertiary/aromatic N) is 1. The van der Waals surface area contributed by atoms with Gasteiger partial charge in [-0.3, -0.25) is 4.79 Å². The first-order chi connectivity index (χ1) is 13.1. The van der Waals surface area contributed by atoms with Crippen LogP contribution in [0.15, 0.2) is 71.1 Å². The first-order valence-electron chi connectivity index (χ1n) is 8.59. The lowest BCUT2D eigenvalue weighted by Gasteiger charge is -2.07. The van der Waals surface area contributed by atoms with Gasteiger partial charge in [-0.1, -0.05) is 24.3 Å². The van der Waals surface area contributed by atoms with E-state index < -0.39 is 0 Å². The molecule has 0 aliphatic carbocycles. The maximum Gasteiger partial charge on any atom is 0.251 e. The monoisotopic (exact) mass is 360 g/mol. The summed E-state index contributed by atoms with van der Waals surface area (Å²) in [5.74, 6) is 0.0213. The lowest BCUT2D eigenvalue weighted by molar-refractivity contribution is 0.0950. The number of amides is 1. The molecule has 0 aliphatic rings. The molecule has 4 nitrogen and oxygen atoms in total. The van der Waals surface area contributed by atoms with E-state index >= 15 is 0 Å². The summed E-state index contributed by atoms with van der Waals surface area (Å²) in [5, 5.41) is 2.93. The van der Waals surface area contributed by atoms with E-state index in [1.54, 1.807) is 18.2 Å². The molecule has 0 saturated carbocycles. The minimum atomic E-state index is -0.304. The summed E-state index contributed by atoms with van der Waals surface area (Å²) in [5.41, 5.74) is 4.56. The van der Waals surface area contributed by atoms with Crippen LogP contribution >= 0.6 is 0 Å². The average molecular weight is 360 g/mol. The largest absolute Gasteiger partial charge is 0.436 e. The Morgan fingerprint density at radius 1 is 1.07 bits per heavy atom. The third-order valence-electron chi connectivity index (χ3n) is 4.39. The molecule has 0 radical (unpaired) electrons. The summed E-state index contributed by atoms with van der Waals surface area (Å²) in [6, 6.07) is 19.1. The Labute approximate surface area is 155 Å². The normalized spacial score (nSPS) is 10.9. The summed E-state index contributed by atoms with van der Waals surface area (Å²) in [7, 11) is 0. The van der Waals surface area contributed by atoms with Crippen LogP contribution in [0.3, 0.4) is 0 Å². The molecule has 5 heteroatoms. The number of halogens is 1. The smallest absolute Gasteiger partial charge is 0.251 e. The number of aromatic nitrogens is 1. The van der Waals surface area contributed by atoms with Gasteiger partial charge in [0.2, 0.25) is 5.89 Å². The third kappa shape index (κ3) is 3.58. The van der Waals surface area contributed by atoms with Crippen molar-refractivity contribution in [1.82, 2.24) is 10.3 Å². The minimum absolute atomic E-state index is 0.111. The van der Waals surface area contributed by atoms with Crippen molar-refractivity contribution in [2.75, 3.05) is 0 Å². The van der Waals surface area contributed by atoms with Gasteiger partial charge >= 0.3 is 0 Å². The Balaban J connectivity index is 1.52. The number of benzene rings is 3. The van der Waals surface area contributed by atoms with Gasteiger partial charge in [0, 0.05) is 17.7 Å². The predicted octanol–water partition coefficient (Wildman–Crippen LogP) is 4.87. The molecule has 4 rings (SSSR count). The lowest BCUT2D eigenvalue weighted by Crippen LogP contribution is -2.23. The van der Waals surface area contributed by atoms with Crippen molar-refractivity contribution in [3.8, 4) is 11.5 Å². The van der Waals surface area contributed by atoms with E-state index in [1.165, 1.54) is 12.1 Å². The topological polar surface area (TPSA) is 55.1 Å². The molecule has 1 heterocycles. The molecule has 0 unspecified atom stereocenters. The Hall–Kier alpha value is -3.47. The second kappa shape index (κ2) is 7.03. The average Bonchev–Trinajstić information content (AvgIpc) is 3.10. The van der Waals surface area contributed by atoms with Crippen molar-refractivity contribution in [2.24, 2.45) is 0 Å². The molecule has 1 N–H and O–H groups in total. The molecular formula is C22H17FN2O2. The van der Waals surface area contributed by atoms with Crippen molar-refractivity contribution in [3.05, 3.63) is 89.2 Å². The fourth-order valence-corrected chi connectivity index (χ4v) is 2.90. The van der Waals surface area contributed by atoms with Crippen LogP contribution in [0.2, 0.25) is 0 Å². The number of rotatable bonds is 4. The number of aryl methyl sites for hydroxylation is 1. The van der Waals surface area contributed by atoms with Crippen LogP contribution in [0.1, 0.15) is 21.5 Å². The van der Waals surface area contributed by atoms with Gasteiger partial charge < -0.3 is 9.73 Å². The molecule has 134 valence electrons. The van der Waals surface area contributed by atoms with Crippen molar-refractivity contribution >= 4 is 17.0 Å². The summed E-state index contributed by atoms with van der Waals surface area (Å²) in [6.45, 7) is 2.30. The van der Waals surface area contributed by atoms with Crippen molar-refractivity contribution < 1.29 is 13.6 Å². The Bertz CT molecular complexity index is 1120. The summed E-state index contributed by atoms with van der Waals surface area (Å²) in [6.07, 6.45) is 0. The Morgan fingerprint density at radius 2 is 1.85 bits per heavy atom. The molecule has 0 aliphatic heterocycles. The van der Waals surface area contributed by atoms with E-state index in [-0.39, 0.29) is 11.7 Å². The Morgan fingerprint density at radius 3 is 2.63 bits per heavy atom. The highest BCUT2D eigenvalue weighted by atomic mass is 19.1. The zero-order valence-electron chi connectivity index (χ0n) is 14.7. The van der Waals surface area contributed by atoms with Crippen LogP contribution in [-0.4, -0.2) is 10.9 Å². The van der Waals surface area contributed by atoms with Gasteiger partial charge in [-0.25, -0.2) is 9.37 Å². The van der Waals surface area contributed by atoms with Crippen molar-refractivity contribution in [1.29, 1.82) is 0 Å². The first-order valence-corrected chi connectivity index (χ1v) is 8.59. The summed E-state index contributed by atoms with van der Waals surface area (Å²) >= 11 is 0. The molecule has 1 aromatic heterocycles. The van der Waals surface area contributed by atoms with Crippen LogP contribution < -0.4 is 5.32 Å². The molecule has 4 aromatic rings. The molecule has 0 spiro atoms. The molecular weight excluding hydrogens is 343 g/mol. The summed E-state index contributed by atoms with van der Waals surface area (Å²) < 4.78 is 18.8. The SMILES string of the molecule is Cc1ccccc1C(=O)NCc1ccc2oc(-c3ccc(F)cc3)nc2c1. The highest BCUT2D eigenvalue weighted by Crippen LogP contribution is 2.25. The highest BCUT2D eigenvalue weighted by molar-refractivity contribution is 5.95. The van der Waals surface area contributed by atoms with Crippen molar-refractivity contribution in [2.45, 2.75) is 13.5 Å². The summed E-state index contributed by atoms with van der Waals surface area (Å²) in [4.78, 5) is 16.8. The van der Waals surface area contributed by atoms with Gasteiger partial charge in [0.1, 0.15) is 11.3 Å². The fraction of sp³-hybridized carbons (Fsp3) is 0.0909. The number of hydrogen-bond acceptors (Lipinski definition) is 3. The molecule has 3 aromatic carbocycles. The maximum atomic E-state index is 13.1. The quantitative estimate of drug-likeness (QED) is 0.565. The zero-order chi connectivity index (χ0) is 18.8.